The van der Waals surface area contributed by atoms with Crippen LogP contribution in [0.5, 0.6) is 0 Å². The fraction of sp³-hybridized carbons (Fsp3) is 0.278. The molecular weight excluding hydrogens is 448 g/mol. The summed E-state index contributed by atoms with van der Waals surface area (Å²) in [6.07, 6.45) is 0.556. The SMILES string of the molecule is Nc1nc(SCCCNS(N)(=O)=O)nc(-c2ccc3c4c(cccc24)C(Cl)OC3)n1. The van der Waals surface area contributed by atoms with E-state index in [1.165, 1.54) is 11.8 Å². The van der Waals surface area contributed by atoms with Crippen molar-refractivity contribution < 1.29 is 13.2 Å². The maximum atomic E-state index is 10.9. The van der Waals surface area contributed by atoms with Crippen molar-refractivity contribution in [2.24, 2.45) is 5.14 Å². The maximum Gasteiger partial charge on any atom is 0.274 e. The minimum Gasteiger partial charge on any atom is -0.368 e. The summed E-state index contributed by atoms with van der Waals surface area (Å²) in [5.74, 6) is 1.17. The molecule has 2 heterocycles. The number of nitrogen functional groups attached to an aromatic ring is 1. The van der Waals surface area contributed by atoms with E-state index < -0.39 is 15.8 Å². The molecule has 0 aliphatic carbocycles. The van der Waals surface area contributed by atoms with Gasteiger partial charge in [0.05, 0.1) is 6.61 Å². The second-order valence-electron chi connectivity index (χ2n) is 6.61. The van der Waals surface area contributed by atoms with Crippen LogP contribution in [0.3, 0.4) is 0 Å². The Morgan fingerprint density at radius 3 is 2.87 bits per heavy atom. The van der Waals surface area contributed by atoms with Gasteiger partial charge in [-0.3, -0.25) is 0 Å². The summed E-state index contributed by atoms with van der Waals surface area (Å²) in [5.41, 5.74) is 8.22. The predicted molar refractivity (Wildman–Crippen MR) is 117 cm³/mol. The van der Waals surface area contributed by atoms with Gasteiger partial charge in [-0.15, -0.1) is 0 Å². The van der Waals surface area contributed by atoms with Crippen molar-refractivity contribution in [1.29, 1.82) is 0 Å². The number of thioether (sulfide) groups is 1. The molecule has 0 saturated carbocycles. The van der Waals surface area contributed by atoms with E-state index >= 15 is 0 Å². The Morgan fingerprint density at radius 1 is 1.23 bits per heavy atom. The van der Waals surface area contributed by atoms with Crippen LogP contribution in [0.15, 0.2) is 35.5 Å². The number of aromatic nitrogens is 3. The lowest BCUT2D eigenvalue weighted by Crippen LogP contribution is -2.31. The summed E-state index contributed by atoms with van der Waals surface area (Å²) < 4.78 is 29.7. The Kier molecular flexibility index (Phi) is 6.09. The molecule has 0 spiro atoms. The molecule has 158 valence electrons. The first kappa shape index (κ1) is 21.2. The first-order chi connectivity index (χ1) is 14.3. The average molecular weight is 467 g/mol. The van der Waals surface area contributed by atoms with Crippen LogP contribution in [0, 0.1) is 0 Å². The van der Waals surface area contributed by atoms with Crippen LogP contribution in [0.1, 0.15) is 23.1 Å². The van der Waals surface area contributed by atoms with Gasteiger partial charge in [-0.1, -0.05) is 53.7 Å². The number of rotatable bonds is 7. The molecule has 9 nitrogen and oxygen atoms in total. The zero-order valence-electron chi connectivity index (χ0n) is 15.7. The van der Waals surface area contributed by atoms with Crippen LogP contribution in [0.4, 0.5) is 5.95 Å². The molecular formula is C18H19ClN6O3S2. The van der Waals surface area contributed by atoms with Crippen molar-refractivity contribution in [3.8, 4) is 11.4 Å². The zero-order chi connectivity index (χ0) is 21.3. The first-order valence-electron chi connectivity index (χ1n) is 9.04. The Labute approximate surface area is 182 Å². The van der Waals surface area contributed by atoms with Gasteiger partial charge in [0.1, 0.15) is 0 Å². The quantitative estimate of drug-likeness (QED) is 0.273. The number of benzene rings is 2. The number of ether oxygens (including phenoxy) is 1. The third-order valence-electron chi connectivity index (χ3n) is 4.52. The number of hydrogen-bond acceptors (Lipinski definition) is 8. The standard InChI is InChI=1S/C18H19ClN6O3S2/c19-15-13-4-1-3-11-12(6-5-10(9-28-15)14(11)13)16-23-17(20)25-18(24-16)29-8-2-7-22-30(21,26)27/h1,3-6,15,22H,2,7-9H2,(H2,21,26,27)(H2,20,23,24,25). The predicted octanol–water partition coefficient (Wildman–Crippen LogP) is 2.32. The monoisotopic (exact) mass is 466 g/mol. The number of hydrogen-bond donors (Lipinski definition) is 3. The highest BCUT2D eigenvalue weighted by Crippen LogP contribution is 2.40. The van der Waals surface area contributed by atoms with Crippen molar-refractivity contribution in [2.45, 2.75) is 23.7 Å². The molecule has 30 heavy (non-hydrogen) atoms. The van der Waals surface area contributed by atoms with Crippen LogP contribution in [0.25, 0.3) is 22.2 Å². The first-order valence-corrected chi connectivity index (χ1v) is 12.0. The minimum atomic E-state index is -3.69. The molecule has 2 aromatic carbocycles. The topological polar surface area (TPSA) is 146 Å². The van der Waals surface area contributed by atoms with Gasteiger partial charge in [0.15, 0.2) is 16.5 Å². The molecule has 1 atom stereocenters. The van der Waals surface area contributed by atoms with Crippen LogP contribution in [-0.2, 0) is 21.6 Å². The molecule has 0 radical (unpaired) electrons. The van der Waals surface area contributed by atoms with Crippen LogP contribution in [-0.4, -0.2) is 35.7 Å². The molecule has 1 aromatic heterocycles. The van der Waals surface area contributed by atoms with Crippen LogP contribution in [0.2, 0.25) is 0 Å². The highest BCUT2D eigenvalue weighted by molar-refractivity contribution is 7.99. The summed E-state index contributed by atoms with van der Waals surface area (Å²) in [7, 11) is -3.69. The normalized spacial score (nSPS) is 16.1. The third kappa shape index (κ3) is 4.66. The second kappa shape index (κ2) is 8.61. The van der Waals surface area contributed by atoms with Crippen molar-refractivity contribution >= 4 is 50.3 Å². The van der Waals surface area contributed by atoms with Gasteiger partial charge in [0.2, 0.25) is 5.95 Å². The van der Waals surface area contributed by atoms with Crippen molar-refractivity contribution in [2.75, 3.05) is 18.0 Å². The number of alkyl halides is 1. The van der Waals surface area contributed by atoms with Gasteiger partial charge in [-0.05, 0) is 22.8 Å². The highest BCUT2D eigenvalue weighted by atomic mass is 35.5. The number of halogens is 1. The molecule has 0 saturated heterocycles. The van der Waals surface area contributed by atoms with E-state index in [1.54, 1.807) is 0 Å². The van der Waals surface area contributed by atoms with E-state index in [0.717, 1.165) is 27.5 Å². The molecule has 3 aromatic rings. The van der Waals surface area contributed by atoms with E-state index in [1.807, 2.05) is 30.3 Å². The molecule has 1 aliphatic heterocycles. The van der Waals surface area contributed by atoms with Gasteiger partial charge >= 0.3 is 0 Å². The fourth-order valence-corrected chi connectivity index (χ4v) is 4.73. The Balaban J connectivity index is 1.62. The minimum absolute atomic E-state index is 0.115. The summed E-state index contributed by atoms with van der Waals surface area (Å²) >= 11 is 7.70. The Bertz CT molecular complexity index is 1210. The number of anilines is 1. The Morgan fingerprint density at radius 2 is 2.07 bits per heavy atom. The van der Waals surface area contributed by atoms with Gasteiger partial charge in [-0.25, -0.2) is 14.8 Å². The van der Waals surface area contributed by atoms with Crippen LogP contribution < -0.4 is 15.6 Å². The molecule has 4 rings (SSSR count). The largest absolute Gasteiger partial charge is 0.368 e. The van der Waals surface area contributed by atoms with Gasteiger partial charge in [0.25, 0.3) is 10.2 Å². The lowest BCUT2D eigenvalue weighted by molar-refractivity contribution is 0.0904. The summed E-state index contributed by atoms with van der Waals surface area (Å²) in [6.45, 7) is 0.671. The van der Waals surface area contributed by atoms with Gasteiger partial charge in [-0.2, -0.15) is 18.4 Å². The van der Waals surface area contributed by atoms with E-state index in [2.05, 4.69) is 19.7 Å². The smallest absolute Gasteiger partial charge is 0.274 e. The summed E-state index contributed by atoms with van der Waals surface area (Å²) in [5, 5.41) is 7.39. The zero-order valence-corrected chi connectivity index (χ0v) is 18.1. The molecule has 0 amide bonds. The van der Waals surface area contributed by atoms with E-state index in [4.69, 9.17) is 27.2 Å². The molecule has 1 unspecified atom stereocenters. The second-order valence-corrected chi connectivity index (χ2v) is 9.45. The van der Waals surface area contributed by atoms with E-state index in [0.29, 0.717) is 29.8 Å². The van der Waals surface area contributed by atoms with E-state index in [-0.39, 0.29) is 12.5 Å². The number of nitrogens with one attached hydrogen (secondary N) is 1. The van der Waals surface area contributed by atoms with Crippen molar-refractivity contribution in [3.63, 3.8) is 0 Å². The highest BCUT2D eigenvalue weighted by Gasteiger charge is 2.22. The third-order valence-corrected chi connectivity index (χ3v) is 6.42. The molecule has 12 heteroatoms. The maximum absolute atomic E-state index is 10.9. The van der Waals surface area contributed by atoms with E-state index in [9.17, 15) is 8.42 Å². The molecule has 0 bridgehead atoms. The molecule has 1 aliphatic rings. The van der Waals surface area contributed by atoms with Crippen LogP contribution >= 0.6 is 23.4 Å². The number of nitrogens with two attached hydrogens (primary N) is 2. The summed E-state index contributed by atoms with van der Waals surface area (Å²) in [4.78, 5) is 13.1. The Hall–Kier alpha value is -2.02. The lowest BCUT2D eigenvalue weighted by Gasteiger charge is -2.23. The molecule has 5 N–H and O–H groups in total. The van der Waals surface area contributed by atoms with Gasteiger partial charge in [0, 0.05) is 23.4 Å². The number of nitrogens with zero attached hydrogens (tertiary/aromatic N) is 3. The molecule has 0 fully saturated rings. The van der Waals surface area contributed by atoms with Crippen molar-refractivity contribution in [3.05, 3.63) is 41.5 Å². The fourth-order valence-electron chi connectivity index (χ4n) is 3.27. The summed E-state index contributed by atoms with van der Waals surface area (Å²) in [6, 6.07) is 9.80. The van der Waals surface area contributed by atoms with Crippen molar-refractivity contribution in [1.82, 2.24) is 19.7 Å². The average Bonchev–Trinajstić information content (AvgIpc) is 2.69. The lowest BCUT2D eigenvalue weighted by atomic mass is 9.94. The van der Waals surface area contributed by atoms with Gasteiger partial charge < -0.3 is 10.5 Å².